The van der Waals surface area contributed by atoms with Crippen molar-refractivity contribution in [1.29, 1.82) is 0 Å². The third-order valence-corrected chi connectivity index (χ3v) is 4.41. The van der Waals surface area contributed by atoms with Crippen LogP contribution in [0.2, 0.25) is 0 Å². The Hall–Kier alpha value is -1.02. The molecule has 1 unspecified atom stereocenters. The van der Waals surface area contributed by atoms with E-state index >= 15 is 0 Å². The Morgan fingerprint density at radius 3 is 2.79 bits per heavy atom. The summed E-state index contributed by atoms with van der Waals surface area (Å²) in [6.07, 6.45) is 6.81. The van der Waals surface area contributed by atoms with Gasteiger partial charge in [-0.3, -0.25) is 4.79 Å². The molecule has 0 bridgehead atoms. The molecule has 1 atom stereocenters. The molecule has 1 N–H and O–H groups in total. The molecule has 1 saturated heterocycles. The summed E-state index contributed by atoms with van der Waals surface area (Å²) in [4.78, 5) is 11.4. The molecule has 0 aromatic heterocycles. The second kappa shape index (κ2) is 4.47. The average molecular weight is 215 g/mol. The SMILES string of the molecule is C#CCNC(=O)C1CCCCS1(=O)=O. The fraction of sp³-hybridized carbons (Fsp3) is 0.667. The fourth-order valence-electron chi connectivity index (χ4n) is 1.50. The summed E-state index contributed by atoms with van der Waals surface area (Å²) in [6, 6.07) is 0. The van der Waals surface area contributed by atoms with Gasteiger partial charge < -0.3 is 5.32 Å². The predicted octanol–water partition coefficient (Wildman–Crippen LogP) is -0.297. The molecule has 0 radical (unpaired) electrons. The van der Waals surface area contributed by atoms with Crippen LogP contribution < -0.4 is 5.32 Å². The zero-order valence-electron chi connectivity index (χ0n) is 7.82. The molecule has 0 saturated carbocycles. The molecule has 0 spiro atoms. The molecule has 4 nitrogen and oxygen atoms in total. The number of nitrogens with one attached hydrogen (secondary N) is 1. The highest BCUT2D eigenvalue weighted by Gasteiger charge is 2.34. The van der Waals surface area contributed by atoms with Crippen LogP contribution in [0.5, 0.6) is 0 Å². The van der Waals surface area contributed by atoms with Crippen LogP contribution in [0, 0.1) is 12.3 Å². The topological polar surface area (TPSA) is 63.2 Å². The van der Waals surface area contributed by atoms with Crippen LogP contribution in [0.25, 0.3) is 0 Å². The lowest BCUT2D eigenvalue weighted by Crippen LogP contribution is -2.42. The smallest absolute Gasteiger partial charge is 0.239 e. The number of hydrogen-bond donors (Lipinski definition) is 1. The molecule has 5 heteroatoms. The van der Waals surface area contributed by atoms with Gasteiger partial charge in [0.25, 0.3) is 0 Å². The Morgan fingerprint density at radius 2 is 2.21 bits per heavy atom. The number of rotatable bonds is 2. The largest absolute Gasteiger partial charge is 0.344 e. The number of carbonyl (C=O) groups is 1. The third-order valence-electron chi connectivity index (χ3n) is 2.24. The van der Waals surface area contributed by atoms with Gasteiger partial charge in [0.2, 0.25) is 5.91 Å². The Balaban J connectivity index is 2.66. The Kier molecular flexibility index (Phi) is 3.53. The lowest BCUT2D eigenvalue weighted by molar-refractivity contribution is -0.120. The molecule has 0 aliphatic carbocycles. The van der Waals surface area contributed by atoms with Crippen molar-refractivity contribution in [3.63, 3.8) is 0 Å². The van der Waals surface area contributed by atoms with Crippen molar-refractivity contribution in [3.05, 3.63) is 0 Å². The van der Waals surface area contributed by atoms with Crippen molar-refractivity contribution in [3.8, 4) is 12.3 Å². The van der Waals surface area contributed by atoms with Crippen molar-refractivity contribution in [1.82, 2.24) is 5.32 Å². The van der Waals surface area contributed by atoms with E-state index in [0.717, 1.165) is 6.42 Å². The van der Waals surface area contributed by atoms with Crippen LogP contribution in [-0.2, 0) is 14.6 Å². The molecule has 1 fully saturated rings. The Bertz CT molecular complexity index is 353. The van der Waals surface area contributed by atoms with Gasteiger partial charge in [-0.15, -0.1) is 6.42 Å². The summed E-state index contributed by atoms with van der Waals surface area (Å²) in [5, 5.41) is 1.52. The maximum absolute atomic E-state index is 11.5. The summed E-state index contributed by atoms with van der Waals surface area (Å²) in [5.74, 6) is 1.89. The highest BCUT2D eigenvalue weighted by atomic mass is 32.2. The predicted molar refractivity (Wildman–Crippen MR) is 53.3 cm³/mol. The van der Waals surface area contributed by atoms with E-state index in [1.807, 2.05) is 0 Å². The second-order valence-electron chi connectivity index (χ2n) is 3.27. The minimum atomic E-state index is -3.23. The first kappa shape index (κ1) is 11.1. The van der Waals surface area contributed by atoms with Gasteiger partial charge in [-0.2, -0.15) is 0 Å². The standard InChI is InChI=1S/C9H13NO3S/c1-2-6-10-9(11)8-5-3-4-7-14(8,12)13/h1,8H,3-7H2,(H,10,11). The summed E-state index contributed by atoms with van der Waals surface area (Å²) < 4.78 is 22.9. The van der Waals surface area contributed by atoms with E-state index in [2.05, 4.69) is 11.2 Å². The zero-order valence-corrected chi connectivity index (χ0v) is 8.64. The normalized spacial score (nSPS) is 24.9. The first-order chi connectivity index (χ1) is 6.58. The summed E-state index contributed by atoms with van der Waals surface area (Å²) >= 11 is 0. The first-order valence-corrected chi connectivity index (χ1v) is 6.22. The van der Waals surface area contributed by atoms with Crippen molar-refractivity contribution >= 4 is 15.7 Å². The minimum absolute atomic E-state index is 0.0881. The van der Waals surface area contributed by atoms with E-state index in [9.17, 15) is 13.2 Å². The minimum Gasteiger partial charge on any atom is -0.344 e. The highest BCUT2D eigenvalue weighted by Crippen LogP contribution is 2.19. The van der Waals surface area contributed by atoms with Gasteiger partial charge in [-0.1, -0.05) is 12.3 Å². The van der Waals surface area contributed by atoms with Gasteiger partial charge in [0.05, 0.1) is 12.3 Å². The van der Waals surface area contributed by atoms with Crippen LogP contribution in [0.15, 0.2) is 0 Å². The molecule has 0 aromatic carbocycles. The fourth-order valence-corrected chi connectivity index (χ4v) is 3.33. The number of terminal acetylenes is 1. The van der Waals surface area contributed by atoms with E-state index < -0.39 is 21.0 Å². The highest BCUT2D eigenvalue weighted by molar-refractivity contribution is 7.92. The monoisotopic (exact) mass is 215 g/mol. The van der Waals surface area contributed by atoms with Crippen LogP contribution in [0.4, 0.5) is 0 Å². The lowest BCUT2D eigenvalue weighted by Gasteiger charge is -2.20. The van der Waals surface area contributed by atoms with Crippen LogP contribution in [-0.4, -0.2) is 31.9 Å². The van der Waals surface area contributed by atoms with Gasteiger partial charge >= 0.3 is 0 Å². The lowest BCUT2D eigenvalue weighted by atomic mass is 10.2. The summed E-state index contributed by atoms with van der Waals surface area (Å²) in [5.41, 5.74) is 0. The van der Waals surface area contributed by atoms with Crippen LogP contribution >= 0.6 is 0 Å². The van der Waals surface area contributed by atoms with E-state index in [-0.39, 0.29) is 12.3 Å². The van der Waals surface area contributed by atoms with Crippen LogP contribution in [0.1, 0.15) is 19.3 Å². The Morgan fingerprint density at radius 1 is 1.50 bits per heavy atom. The number of carbonyl (C=O) groups excluding carboxylic acids is 1. The number of amides is 1. The molecule has 1 aliphatic heterocycles. The van der Waals surface area contributed by atoms with Crippen molar-refractivity contribution in [2.24, 2.45) is 0 Å². The summed E-state index contributed by atoms with van der Waals surface area (Å²) in [7, 11) is -3.23. The maximum Gasteiger partial charge on any atom is 0.239 e. The number of hydrogen-bond acceptors (Lipinski definition) is 3. The van der Waals surface area contributed by atoms with Crippen molar-refractivity contribution in [2.45, 2.75) is 24.5 Å². The van der Waals surface area contributed by atoms with Crippen molar-refractivity contribution < 1.29 is 13.2 Å². The average Bonchev–Trinajstić information content (AvgIpc) is 2.13. The molecular weight excluding hydrogens is 202 g/mol. The number of sulfone groups is 1. The Labute approximate surface area is 84.0 Å². The second-order valence-corrected chi connectivity index (χ2v) is 5.58. The van der Waals surface area contributed by atoms with Gasteiger partial charge in [0.15, 0.2) is 9.84 Å². The van der Waals surface area contributed by atoms with Crippen molar-refractivity contribution in [2.75, 3.05) is 12.3 Å². The molecule has 1 aliphatic rings. The third kappa shape index (κ3) is 2.48. The van der Waals surface area contributed by atoms with E-state index in [0.29, 0.717) is 12.8 Å². The first-order valence-electron chi connectivity index (χ1n) is 4.50. The molecule has 0 aromatic rings. The molecule has 1 heterocycles. The molecule has 78 valence electrons. The quantitative estimate of drug-likeness (QED) is 0.643. The van der Waals surface area contributed by atoms with E-state index in [1.165, 1.54) is 0 Å². The molecule has 1 amide bonds. The molecular formula is C9H13NO3S. The van der Waals surface area contributed by atoms with Gasteiger partial charge in [-0.25, -0.2) is 8.42 Å². The maximum atomic E-state index is 11.5. The van der Waals surface area contributed by atoms with Gasteiger partial charge in [0.1, 0.15) is 5.25 Å². The van der Waals surface area contributed by atoms with Crippen LogP contribution in [0.3, 0.4) is 0 Å². The summed E-state index contributed by atoms with van der Waals surface area (Å²) in [6.45, 7) is 0.0881. The van der Waals surface area contributed by atoms with E-state index in [4.69, 9.17) is 6.42 Å². The van der Waals surface area contributed by atoms with E-state index in [1.54, 1.807) is 0 Å². The molecule has 1 rings (SSSR count). The molecule has 14 heavy (non-hydrogen) atoms. The van der Waals surface area contributed by atoms with Gasteiger partial charge in [0, 0.05) is 0 Å². The zero-order chi connectivity index (χ0) is 10.6. The van der Waals surface area contributed by atoms with Gasteiger partial charge in [-0.05, 0) is 12.8 Å².